The van der Waals surface area contributed by atoms with Gasteiger partial charge in [0.1, 0.15) is 16.5 Å². The predicted molar refractivity (Wildman–Crippen MR) is 62.4 cm³/mol. The van der Waals surface area contributed by atoms with E-state index < -0.39 is 6.10 Å². The molecule has 1 heterocycles. The van der Waals surface area contributed by atoms with Crippen LogP contribution in [-0.4, -0.2) is 10.1 Å². The lowest BCUT2D eigenvalue weighted by atomic mass is 10.1. The highest BCUT2D eigenvalue weighted by atomic mass is 79.9. The molecule has 0 bridgehead atoms. The van der Waals surface area contributed by atoms with Crippen molar-refractivity contribution < 1.29 is 9.50 Å². The molecule has 0 aliphatic heterocycles. The molecule has 0 unspecified atom stereocenters. The van der Waals surface area contributed by atoms with Gasteiger partial charge in [-0.25, -0.2) is 9.37 Å². The summed E-state index contributed by atoms with van der Waals surface area (Å²) in [5.74, 6) is -0.321. The quantitative estimate of drug-likeness (QED) is 0.859. The van der Waals surface area contributed by atoms with E-state index >= 15 is 0 Å². The summed E-state index contributed by atoms with van der Waals surface area (Å²) < 4.78 is 13.4. The first kappa shape index (κ1) is 11.2. The van der Waals surface area contributed by atoms with Crippen molar-refractivity contribution in [2.75, 3.05) is 0 Å². The fraction of sp³-hybridized carbons (Fsp3) is 0.0833. The standard InChI is InChI=1S/C12H9BrFNO/c13-11-3-1-2-10(15-11)12(16)8-4-6-9(14)7-5-8/h1-7,12,16H/t12-/m0/s1. The topological polar surface area (TPSA) is 33.1 Å². The zero-order chi connectivity index (χ0) is 11.5. The van der Waals surface area contributed by atoms with Crippen LogP contribution in [0, 0.1) is 5.82 Å². The van der Waals surface area contributed by atoms with Gasteiger partial charge in [-0.3, -0.25) is 0 Å². The molecule has 1 aromatic carbocycles. The van der Waals surface area contributed by atoms with Crippen LogP contribution in [0.3, 0.4) is 0 Å². The third kappa shape index (κ3) is 2.46. The molecule has 0 aliphatic rings. The Kier molecular flexibility index (Phi) is 3.31. The molecule has 2 rings (SSSR count). The van der Waals surface area contributed by atoms with Gasteiger partial charge in [0.15, 0.2) is 0 Å². The summed E-state index contributed by atoms with van der Waals surface area (Å²) in [6, 6.07) is 11.0. The second-order valence-corrected chi connectivity index (χ2v) is 4.15. The molecular formula is C12H9BrFNO. The molecule has 0 fully saturated rings. The first-order valence-corrected chi connectivity index (χ1v) is 5.52. The largest absolute Gasteiger partial charge is 0.382 e. The summed E-state index contributed by atoms with van der Waals surface area (Å²) in [5.41, 5.74) is 1.15. The van der Waals surface area contributed by atoms with E-state index in [0.29, 0.717) is 15.9 Å². The van der Waals surface area contributed by atoms with Crippen molar-refractivity contribution in [3.63, 3.8) is 0 Å². The lowest BCUT2D eigenvalue weighted by Gasteiger charge is -2.10. The number of hydrogen-bond donors (Lipinski definition) is 1. The van der Waals surface area contributed by atoms with Gasteiger partial charge in [-0.15, -0.1) is 0 Å². The highest BCUT2D eigenvalue weighted by molar-refractivity contribution is 9.10. The van der Waals surface area contributed by atoms with Crippen molar-refractivity contribution in [2.24, 2.45) is 0 Å². The van der Waals surface area contributed by atoms with Gasteiger partial charge in [-0.1, -0.05) is 18.2 Å². The molecule has 0 saturated carbocycles. The number of hydrogen-bond acceptors (Lipinski definition) is 2. The Morgan fingerprint density at radius 2 is 1.81 bits per heavy atom. The highest BCUT2D eigenvalue weighted by Gasteiger charge is 2.11. The Bertz CT molecular complexity index is 487. The lowest BCUT2D eigenvalue weighted by Crippen LogP contribution is -2.02. The fourth-order valence-electron chi connectivity index (χ4n) is 1.39. The number of benzene rings is 1. The Balaban J connectivity index is 2.31. The van der Waals surface area contributed by atoms with Crippen molar-refractivity contribution in [1.29, 1.82) is 0 Å². The third-order valence-corrected chi connectivity index (χ3v) is 2.64. The molecule has 0 radical (unpaired) electrons. The first-order valence-electron chi connectivity index (χ1n) is 4.73. The van der Waals surface area contributed by atoms with Crippen molar-refractivity contribution >= 4 is 15.9 Å². The van der Waals surface area contributed by atoms with E-state index in [1.165, 1.54) is 12.1 Å². The van der Waals surface area contributed by atoms with Crippen molar-refractivity contribution in [2.45, 2.75) is 6.10 Å². The van der Waals surface area contributed by atoms with E-state index in [4.69, 9.17) is 0 Å². The molecule has 2 aromatic rings. The Morgan fingerprint density at radius 3 is 2.44 bits per heavy atom. The molecule has 0 amide bonds. The van der Waals surface area contributed by atoms with Crippen molar-refractivity contribution in [1.82, 2.24) is 4.98 Å². The molecule has 0 spiro atoms. The molecule has 82 valence electrons. The molecule has 1 N–H and O–H groups in total. The van der Waals surface area contributed by atoms with Crippen LogP contribution in [0.5, 0.6) is 0 Å². The van der Waals surface area contributed by atoms with Crippen LogP contribution in [0.4, 0.5) is 4.39 Å². The van der Waals surface area contributed by atoms with E-state index in [1.807, 2.05) is 0 Å². The number of nitrogens with zero attached hydrogens (tertiary/aromatic N) is 1. The Hall–Kier alpha value is -1.26. The maximum atomic E-state index is 12.7. The number of rotatable bonds is 2. The van der Waals surface area contributed by atoms with Gasteiger partial charge in [0.05, 0.1) is 5.69 Å². The third-order valence-electron chi connectivity index (χ3n) is 2.20. The number of pyridine rings is 1. The second kappa shape index (κ2) is 4.72. The normalized spacial score (nSPS) is 12.4. The van der Waals surface area contributed by atoms with Gasteiger partial charge < -0.3 is 5.11 Å². The summed E-state index contributed by atoms with van der Waals surface area (Å²) >= 11 is 3.23. The Morgan fingerprint density at radius 1 is 1.12 bits per heavy atom. The molecule has 16 heavy (non-hydrogen) atoms. The van der Waals surface area contributed by atoms with Crippen LogP contribution in [0.25, 0.3) is 0 Å². The molecule has 1 atom stereocenters. The number of aromatic nitrogens is 1. The summed E-state index contributed by atoms with van der Waals surface area (Å²) in [6.07, 6.45) is -0.835. The zero-order valence-corrected chi connectivity index (χ0v) is 9.86. The minimum Gasteiger partial charge on any atom is -0.382 e. The average Bonchev–Trinajstić information content (AvgIpc) is 2.29. The van der Waals surface area contributed by atoms with Crippen LogP contribution in [0.1, 0.15) is 17.4 Å². The molecule has 0 saturated heterocycles. The average molecular weight is 282 g/mol. The van der Waals surface area contributed by atoms with Gasteiger partial charge >= 0.3 is 0 Å². The first-order chi connectivity index (χ1) is 7.66. The minimum atomic E-state index is -0.835. The number of aliphatic hydroxyl groups excluding tert-OH is 1. The maximum absolute atomic E-state index is 12.7. The smallest absolute Gasteiger partial charge is 0.123 e. The van der Waals surface area contributed by atoms with Crippen LogP contribution >= 0.6 is 15.9 Å². The molecule has 2 nitrogen and oxygen atoms in total. The maximum Gasteiger partial charge on any atom is 0.123 e. The molecular weight excluding hydrogens is 273 g/mol. The fourth-order valence-corrected chi connectivity index (χ4v) is 1.75. The van der Waals surface area contributed by atoms with Crippen molar-refractivity contribution in [3.8, 4) is 0 Å². The zero-order valence-electron chi connectivity index (χ0n) is 8.27. The monoisotopic (exact) mass is 281 g/mol. The van der Waals surface area contributed by atoms with E-state index in [0.717, 1.165) is 0 Å². The molecule has 4 heteroatoms. The SMILES string of the molecule is O[C@@H](c1ccc(F)cc1)c1cccc(Br)n1. The molecule has 1 aromatic heterocycles. The lowest BCUT2D eigenvalue weighted by molar-refractivity contribution is 0.215. The van der Waals surface area contributed by atoms with Gasteiger partial charge in [-0.2, -0.15) is 0 Å². The number of aliphatic hydroxyl groups is 1. The number of halogens is 2. The van der Waals surface area contributed by atoms with E-state index in [2.05, 4.69) is 20.9 Å². The Labute approximate surface area is 101 Å². The van der Waals surface area contributed by atoms with Gasteiger partial charge in [0.25, 0.3) is 0 Å². The van der Waals surface area contributed by atoms with Crippen LogP contribution < -0.4 is 0 Å². The van der Waals surface area contributed by atoms with Gasteiger partial charge in [0.2, 0.25) is 0 Å². The van der Waals surface area contributed by atoms with Crippen LogP contribution in [0.2, 0.25) is 0 Å². The summed E-state index contributed by atoms with van der Waals surface area (Å²) in [5, 5.41) is 10.0. The molecule has 0 aliphatic carbocycles. The summed E-state index contributed by atoms with van der Waals surface area (Å²) in [6.45, 7) is 0. The second-order valence-electron chi connectivity index (χ2n) is 3.34. The van der Waals surface area contributed by atoms with Crippen molar-refractivity contribution in [3.05, 3.63) is 64.1 Å². The van der Waals surface area contributed by atoms with Gasteiger partial charge in [0, 0.05) is 0 Å². The predicted octanol–water partition coefficient (Wildman–Crippen LogP) is 3.06. The minimum absolute atomic E-state index is 0.321. The highest BCUT2D eigenvalue weighted by Crippen LogP contribution is 2.21. The van der Waals surface area contributed by atoms with E-state index in [1.54, 1.807) is 30.3 Å². The van der Waals surface area contributed by atoms with Crippen LogP contribution in [0.15, 0.2) is 47.1 Å². The van der Waals surface area contributed by atoms with Gasteiger partial charge in [-0.05, 0) is 45.8 Å². The summed E-state index contributed by atoms with van der Waals surface area (Å²) in [4.78, 5) is 4.14. The van der Waals surface area contributed by atoms with Crippen LogP contribution in [-0.2, 0) is 0 Å². The van der Waals surface area contributed by atoms with E-state index in [9.17, 15) is 9.50 Å². The summed E-state index contributed by atoms with van der Waals surface area (Å²) in [7, 11) is 0. The van der Waals surface area contributed by atoms with E-state index in [-0.39, 0.29) is 5.82 Å².